The number of nitrogens with one attached hydrogen (secondary N) is 2. The summed E-state index contributed by atoms with van der Waals surface area (Å²) in [6.07, 6.45) is 3.06. The highest BCUT2D eigenvalue weighted by Crippen LogP contribution is 2.31. The highest BCUT2D eigenvalue weighted by atomic mass is 35.5. The van der Waals surface area contributed by atoms with Gasteiger partial charge in [-0.15, -0.1) is 12.4 Å². The van der Waals surface area contributed by atoms with Crippen molar-refractivity contribution in [3.63, 3.8) is 0 Å². The van der Waals surface area contributed by atoms with Gasteiger partial charge in [0.15, 0.2) is 0 Å². The lowest BCUT2D eigenvalue weighted by Gasteiger charge is -2.30. The third kappa shape index (κ3) is 6.87. The zero-order valence-corrected chi connectivity index (χ0v) is 22.8. The van der Waals surface area contributed by atoms with Crippen LogP contribution in [0.5, 0.6) is 0 Å². The van der Waals surface area contributed by atoms with Crippen LogP contribution in [-0.2, 0) is 17.6 Å². The third-order valence-electron chi connectivity index (χ3n) is 7.31. The first kappa shape index (κ1) is 27.9. The molecule has 0 radical (unpaired) electrons. The van der Waals surface area contributed by atoms with E-state index in [1.165, 1.54) is 16.7 Å². The van der Waals surface area contributed by atoms with Crippen LogP contribution in [0.25, 0.3) is 0 Å². The Bertz CT molecular complexity index is 1350. The molecule has 6 heteroatoms. The van der Waals surface area contributed by atoms with Gasteiger partial charge in [0.1, 0.15) is 5.84 Å². The van der Waals surface area contributed by atoms with Crippen molar-refractivity contribution in [2.24, 2.45) is 5.73 Å². The van der Waals surface area contributed by atoms with Crippen LogP contribution < -0.4 is 16.0 Å². The van der Waals surface area contributed by atoms with Crippen LogP contribution in [0.3, 0.4) is 0 Å². The zero-order valence-electron chi connectivity index (χ0n) is 22.0. The van der Waals surface area contributed by atoms with Gasteiger partial charge in [-0.05, 0) is 59.7 Å². The summed E-state index contributed by atoms with van der Waals surface area (Å²) >= 11 is 0. The number of anilines is 2. The van der Waals surface area contributed by atoms with E-state index in [2.05, 4.69) is 84.2 Å². The fraction of sp³-hybridized carbons (Fsp3) is 0.212. The van der Waals surface area contributed by atoms with E-state index in [4.69, 9.17) is 11.1 Å². The van der Waals surface area contributed by atoms with E-state index in [9.17, 15) is 4.79 Å². The first-order chi connectivity index (χ1) is 18.6. The van der Waals surface area contributed by atoms with E-state index in [1.54, 1.807) is 0 Å². The fourth-order valence-corrected chi connectivity index (χ4v) is 5.22. The van der Waals surface area contributed by atoms with Gasteiger partial charge in [0.25, 0.3) is 0 Å². The van der Waals surface area contributed by atoms with Gasteiger partial charge in [-0.2, -0.15) is 0 Å². The Kier molecular flexibility index (Phi) is 9.40. The van der Waals surface area contributed by atoms with Crippen molar-refractivity contribution in [3.05, 3.63) is 131 Å². The maximum atomic E-state index is 13.2. The summed E-state index contributed by atoms with van der Waals surface area (Å²) in [6, 6.07) is 35.2. The molecule has 5 rings (SSSR count). The molecule has 0 saturated heterocycles. The van der Waals surface area contributed by atoms with Crippen molar-refractivity contribution in [1.82, 2.24) is 0 Å². The molecule has 4 aromatic carbocycles. The molecule has 1 aliphatic rings. The molecule has 5 nitrogen and oxygen atoms in total. The number of rotatable bonds is 9. The Morgan fingerprint density at radius 1 is 0.897 bits per heavy atom. The molecule has 4 N–H and O–H groups in total. The van der Waals surface area contributed by atoms with Crippen molar-refractivity contribution in [3.8, 4) is 0 Å². The van der Waals surface area contributed by atoms with Crippen LogP contribution in [-0.4, -0.2) is 24.8 Å². The second-order valence-corrected chi connectivity index (χ2v) is 9.86. The van der Waals surface area contributed by atoms with E-state index >= 15 is 0 Å². The number of nitrogens with zero attached hydrogens (tertiary/aromatic N) is 1. The molecule has 0 unspecified atom stereocenters. The summed E-state index contributed by atoms with van der Waals surface area (Å²) < 4.78 is 0. The molecule has 0 bridgehead atoms. The van der Waals surface area contributed by atoms with Crippen LogP contribution in [0.2, 0.25) is 0 Å². The smallest absolute Gasteiger partial charge is 0.227 e. The largest absolute Gasteiger partial charge is 0.384 e. The molecule has 4 aromatic rings. The standard InChI is InChI=1S/C33H34N4O.ClH/c34-33(35)27-16-13-24(14-17-27)15-20-32(38)37-21-7-12-28-22-29(18-19-31(28)37)36-23-30(25-8-3-1-4-9-25)26-10-5-2-6-11-26;/h1-6,8-11,13-14,16-19,22,30,36H,7,12,15,20-21,23H2,(H3,34,35);1H. The van der Waals surface area contributed by atoms with Gasteiger partial charge in [-0.3, -0.25) is 10.2 Å². The average Bonchev–Trinajstić information content (AvgIpc) is 2.97. The molecule has 0 spiro atoms. The molecule has 1 heterocycles. The third-order valence-corrected chi connectivity index (χ3v) is 7.31. The van der Waals surface area contributed by atoms with E-state index < -0.39 is 0 Å². The fourth-order valence-electron chi connectivity index (χ4n) is 5.22. The van der Waals surface area contributed by atoms with Crippen molar-refractivity contribution in [1.29, 1.82) is 5.41 Å². The van der Waals surface area contributed by atoms with Gasteiger partial charge in [0.2, 0.25) is 5.91 Å². The second-order valence-electron chi connectivity index (χ2n) is 9.86. The molecule has 0 saturated carbocycles. The van der Waals surface area contributed by atoms with E-state index in [1.807, 2.05) is 29.2 Å². The number of fused-ring (bicyclic) bond motifs is 1. The first-order valence-electron chi connectivity index (χ1n) is 13.3. The maximum Gasteiger partial charge on any atom is 0.227 e. The molecule has 0 fully saturated rings. The van der Waals surface area contributed by atoms with Gasteiger partial charge >= 0.3 is 0 Å². The minimum atomic E-state index is 0. The van der Waals surface area contributed by atoms with E-state index in [-0.39, 0.29) is 30.1 Å². The summed E-state index contributed by atoms with van der Waals surface area (Å²) in [6.45, 7) is 1.55. The normalized spacial score (nSPS) is 12.4. The number of carbonyl (C=O) groups is 1. The lowest BCUT2D eigenvalue weighted by Crippen LogP contribution is -2.35. The molecular formula is C33H35ClN4O. The Balaban J connectivity index is 0.00000353. The number of carbonyl (C=O) groups excluding carboxylic acids is 1. The number of nitrogen functional groups attached to an aromatic ring is 1. The van der Waals surface area contributed by atoms with Crippen LogP contribution in [0.1, 0.15) is 46.6 Å². The minimum Gasteiger partial charge on any atom is -0.384 e. The average molecular weight is 539 g/mol. The van der Waals surface area contributed by atoms with Crippen LogP contribution >= 0.6 is 12.4 Å². The lowest BCUT2D eigenvalue weighted by molar-refractivity contribution is -0.118. The van der Waals surface area contributed by atoms with E-state index in [0.29, 0.717) is 18.4 Å². The number of amides is 1. The predicted molar refractivity (Wildman–Crippen MR) is 163 cm³/mol. The summed E-state index contributed by atoms with van der Waals surface area (Å²) in [7, 11) is 0. The van der Waals surface area contributed by atoms with Gasteiger partial charge in [-0.1, -0.05) is 84.9 Å². The highest BCUT2D eigenvalue weighted by Gasteiger charge is 2.23. The van der Waals surface area contributed by atoms with Gasteiger partial charge in [0, 0.05) is 42.4 Å². The minimum absolute atomic E-state index is 0. The molecule has 1 aliphatic heterocycles. The van der Waals surface area contributed by atoms with Crippen LogP contribution in [0, 0.1) is 5.41 Å². The molecule has 0 aliphatic carbocycles. The Hall–Kier alpha value is -4.09. The van der Waals surface area contributed by atoms with Gasteiger partial charge in [0.05, 0.1) is 0 Å². The number of hydrogen-bond acceptors (Lipinski definition) is 3. The van der Waals surface area contributed by atoms with Crippen molar-refractivity contribution in [2.75, 3.05) is 23.3 Å². The molecule has 0 aromatic heterocycles. The monoisotopic (exact) mass is 538 g/mol. The van der Waals surface area contributed by atoms with Crippen molar-refractivity contribution < 1.29 is 4.79 Å². The molecule has 1 amide bonds. The quantitative estimate of drug-likeness (QED) is 0.167. The molecule has 0 atom stereocenters. The Morgan fingerprint density at radius 3 is 2.15 bits per heavy atom. The number of benzene rings is 4. The van der Waals surface area contributed by atoms with Gasteiger partial charge in [-0.25, -0.2) is 0 Å². The zero-order chi connectivity index (χ0) is 26.3. The molecular weight excluding hydrogens is 504 g/mol. The van der Waals surface area contributed by atoms with Gasteiger partial charge < -0.3 is 16.0 Å². The SMILES string of the molecule is Cl.N=C(N)c1ccc(CCC(=O)N2CCCc3cc(NCC(c4ccccc4)c4ccccc4)ccc32)cc1. The Labute approximate surface area is 237 Å². The van der Waals surface area contributed by atoms with E-state index in [0.717, 1.165) is 42.9 Å². The summed E-state index contributed by atoms with van der Waals surface area (Å²) in [5, 5.41) is 11.2. The van der Waals surface area contributed by atoms with Crippen molar-refractivity contribution in [2.45, 2.75) is 31.6 Å². The molecule has 200 valence electrons. The summed E-state index contributed by atoms with van der Waals surface area (Å²) in [5.74, 6) is 0.452. The highest BCUT2D eigenvalue weighted by molar-refractivity contribution is 5.95. The van der Waals surface area contributed by atoms with Crippen LogP contribution in [0.15, 0.2) is 103 Å². The number of aryl methyl sites for hydroxylation is 2. The predicted octanol–water partition coefficient (Wildman–Crippen LogP) is 6.55. The van der Waals surface area contributed by atoms with Crippen molar-refractivity contribution >= 4 is 35.5 Å². The summed E-state index contributed by atoms with van der Waals surface area (Å²) in [4.78, 5) is 15.1. The Morgan fingerprint density at radius 2 is 1.54 bits per heavy atom. The second kappa shape index (κ2) is 13.1. The maximum absolute atomic E-state index is 13.2. The lowest BCUT2D eigenvalue weighted by atomic mass is 9.91. The topological polar surface area (TPSA) is 82.2 Å². The number of amidine groups is 1. The first-order valence-corrected chi connectivity index (χ1v) is 13.3. The molecule has 39 heavy (non-hydrogen) atoms. The number of hydrogen-bond donors (Lipinski definition) is 3. The summed E-state index contributed by atoms with van der Waals surface area (Å²) in [5.41, 5.74) is 13.2. The van der Waals surface area contributed by atoms with Crippen LogP contribution in [0.4, 0.5) is 11.4 Å². The number of nitrogens with two attached hydrogens (primary N) is 1. The number of halogens is 1.